The molecule has 1 unspecified atom stereocenters. The van der Waals surface area contributed by atoms with E-state index in [1.54, 1.807) is 27.7 Å². The minimum atomic E-state index is -3.49. The lowest BCUT2D eigenvalue weighted by Crippen LogP contribution is -2.34. The van der Waals surface area contributed by atoms with Gasteiger partial charge in [0.15, 0.2) is 0 Å². The van der Waals surface area contributed by atoms with Crippen molar-refractivity contribution < 1.29 is 17.9 Å². The predicted molar refractivity (Wildman–Crippen MR) is 70.7 cm³/mol. The van der Waals surface area contributed by atoms with E-state index in [0.29, 0.717) is 5.69 Å². The number of carbonyl (C=O) groups excluding carboxylic acids is 1. The van der Waals surface area contributed by atoms with Crippen LogP contribution in [0.5, 0.6) is 0 Å². The van der Waals surface area contributed by atoms with E-state index < -0.39 is 27.6 Å². The van der Waals surface area contributed by atoms with Gasteiger partial charge in [-0.2, -0.15) is 0 Å². The van der Waals surface area contributed by atoms with Gasteiger partial charge in [-0.05, 0) is 27.7 Å². The zero-order valence-corrected chi connectivity index (χ0v) is 12.9. The summed E-state index contributed by atoms with van der Waals surface area (Å²) in [7, 11) is -3.49. The number of carbonyl (C=O) groups is 1. The van der Waals surface area contributed by atoms with Crippen molar-refractivity contribution in [1.29, 1.82) is 0 Å². The highest BCUT2D eigenvalue weighted by Gasteiger charge is 2.20. The van der Waals surface area contributed by atoms with E-state index in [1.807, 2.05) is 0 Å². The van der Waals surface area contributed by atoms with Crippen LogP contribution in [0, 0.1) is 0 Å². The fraction of sp³-hybridized carbons (Fsp3) is 0.636. The molecule has 0 saturated carbocycles. The van der Waals surface area contributed by atoms with E-state index in [4.69, 9.17) is 4.74 Å². The average Bonchev–Trinajstić information content (AvgIpc) is 2.25. The van der Waals surface area contributed by atoms with Crippen molar-refractivity contribution in [2.45, 2.75) is 44.5 Å². The smallest absolute Gasteiger partial charge is 0.408 e. The molecule has 1 N–H and O–H groups in total. The number of rotatable bonds is 3. The van der Waals surface area contributed by atoms with Crippen LogP contribution in [0.4, 0.5) is 4.79 Å². The maximum atomic E-state index is 11.6. The molecule has 1 amide bonds. The molecule has 0 aliphatic rings. The summed E-state index contributed by atoms with van der Waals surface area (Å²) in [6, 6.07) is -0.501. The maximum Gasteiger partial charge on any atom is 0.408 e. The Kier molecular flexibility index (Phi) is 4.64. The van der Waals surface area contributed by atoms with Gasteiger partial charge in [0.25, 0.3) is 5.16 Å². The Morgan fingerprint density at radius 1 is 1.35 bits per heavy atom. The van der Waals surface area contributed by atoms with Gasteiger partial charge >= 0.3 is 6.09 Å². The fourth-order valence-corrected chi connectivity index (χ4v) is 1.63. The number of alkyl carbamates (subject to hydrolysis) is 1. The number of ether oxygens (including phenoxy) is 1. The van der Waals surface area contributed by atoms with Crippen LogP contribution in [0.1, 0.15) is 39.4 Å². The maximum absolute atomic E-state index is 11.6. The summed E-state index contributed by atoms with van der Waals surface area (Å²) in [4.78, 5) is 15.3. The number of hydrogen-bond donors (Lipinski definition) is 1. The quantitative estimate of drug-likeness (QED) is 0.881. The molecule has 1 atom stereocenters. The Morgan fingerprint density at radius 3 is 2.35 bits per heavy atom. The molecule has 0 radical (unpaired) electrons. The number of sulfone groups is 1. The standard InChI is InChI=1S/C11H18N4O4S/c1-7(13-10(16)19-11(2,3)4)8-6-12-9(15-14-8)20(5,17)18/h6-7H,1-5H3,(H,13,16). The number of nitrogens with zero attached hydrogens (tertiary/aromatic N) is 3. The van der Waals surface area contributed by atoms with Gasteiger partial charge in [0.05, 0.1) is 12.2 Å². The first-order valence-corrected chi connectivity index (χ1v) is 7.77. The molecule has 0 saturated heterocycles. The summed E-state index contributed by atoms with van der Waals surface area (Å²) in [5.41, 5.74) is -0.267. The van der Waals surface area contributed by atoms with Crippen molar-refractivity contribution in [3.8, 4) is 0 Å². The van der Waals surface area contributed by atoms with Gasteiger partial charge in [-0.15, -0.1) is 10.2 Å². The molecule has 1 aromatic heterocycles. The lowest BCUT2D eigenvalue weighted by atomic mass is 10.2. The second kappa shape index (κ2) is 5.70. The third-order valence-electron chi connectivity index (χ3n) is 2.07. The molecule has 112 valence electrons. The van der Waals surface area contributed by atoms with Crippen LogP contribution in [-0.2, 0) is 14.6 Å². The SMILES string of the molecule is CC(NC(=O)OC(C)(C)C)c1cnc(S(C)(=O)=O)nn1. The van der Waals surface area contributed by atoms with Crippen LogP contribution >= 0.6 is 0 Å². The Hall–Kier alpha value is -1.77. The van der Waals surface area contributed by atoms with Crippen LogP contribution < -0.4 is 5.32 Å². The number of aromatic nitrogens is 3. The third-order valence-corrected chi connectivity index (χ3v) is 2.92. The Bertz CT molecular complexity index is 577. The molecule has 1 heterocycles. The summed E-state index contributed by atoms with van der Waals surface area (Å²) in [6.45, 7) is 6.91. The normalized spacial score (nSPS) is 13.7. The van der Waals surface area contributed by atoms with Crippen LogP contribution in [-0.4, -0.2) is 41.5 Å². The third kappa shape index (κ3) is 5.08. The zero-order chi connectivity index (χ0) is 15.6. The Labute approximate surface area is 117 Å². The van der Waals surface area contributed by atoms with E-state index in [9.17, 15) is 13.2 Å². The average molecular weight is 302 g/mol. The van der Waals surface area contributed by atoms with Gasteiger partial charge < -0.3 is 10.1 Å². The highest BCUT2D eigenvalue weighted by molar-refractivity contribution is 7.90. The molecular formula is C11H18N4O4S. The molecule has 1 rings (SSSR count). The van der Waals surface area contributed by atoms with E-state index >= 15 is 0 Å². The zero-order valence-electron chi connectivity index (χ0n) is 12.0. The molecular weight excluding hydrogens is 284 g/mol. The van der Waals surface area contributed by atoms with Crippen molar-refractivity contribution in [3.63, 3.8) is 0 Å². The molecule has 0 spiro atoms. The van der Waals surface area contributed by atoms with Gasteiger partial charge in [0.2, 0.25) is 9.84 Å². The van der Waals surface area contributed by atoms with E-state index in [0.717, 1.165) is 6.26 Å². The lowest BCUT2D eigenvalue weighted by molar-refractivity contribution is 0.0506. The minimum absolute atomic E-state index is 0.336. The van der Waals surface area contributed by atoms with Gasteiger partial charge in [-0.3, -0.25) is 0 Å². The fourth-order valence-electron chi connectivity index (χ4n) is 1.20. The number of nitrogens with one attached hydrogen (secondary N) is 1. The van der Waals surface area contributed by atoms with Gasteiger partial charge in [-0.1, -0.05) is 0 Å². The topological polar surface area (TPSA) is 111 Å². The largest absolute Gasteiger partial charge is 0.444 e. The summed E-state index contributed by atoms with van der Waals surface area (Å²) in [5, 5.41) is 9.45. The van der Waals surface area contributed by atoms with Crippen molar-refractivity contribution in [1.82, 2.24) is 20.5 Å². The monoisotopic (exact) mass is 302 g/mol. The molecule has 0 aliphatic heterocycles. The molecule has 9 heteroatoms. The first-order chi connectivity index (χ1) is 8.99. The highest BCUT2D eigenvalue weighted by atomic mass is 32.2. The number of amides is 1. The summed E-state index contributed by atoms with van der Waals surface area (Å²) in [5.74, 6) is 0. The van der Waals surface area contributed by atoms with Crippen molar-refractivity contribution in [2.24, 2.45) is 0 Å². The van der Waals surface area contributed by atoms with Gasteiger partial charge in [-0.25, -0.2) is 18.2 Å². The molecule has 20 heavy (non-hydrogen) atoms. The molecule has 0 aliphatic carbocycles. The van der Waals surface area contributed by atoms with Crippen LogP contribution in [0.2, 0.25) is 0 Å². The first-order valence-electron chi connectivity index (χ1n) is 5.88. The number of hydrogen-bond acceptors (Lipinski definition) is 7. The van der Waals surface area contributed by atoms with Crippen molar-refractivity contribution in [2.75, 3.05) is 6.26 Å². The van der Waals surface area contributed by atoms with Gasteiger partial charge in [0, 0.05) is 6.26 Å². The summed E-state index contributed by atoms with van der Waals surface area (Å²) < 4.78 is 27.5. The van der Waals surface area contributed by atoms with Crippen LogP contribution in [0.25, 0.3) is 0 Å². The second-order valence-electron chi connectivity index (χ2n) is 5.31. The molecule has 1 aromatic rings. The van der Waals surface area contributed by atoms with Gasteiger partial charge in [0.1, 0.15) is 11.3 Å². The van der Waals surface area contributed by atoms with Crippen molar-refractivity contribution >= 4 is 15.9 Å². The summed E-state index contributed by atoms with van der Waals surface area (Å²) in [6.07, 6.45) is 1.65. The second-order valence-corrected chi connectivity index (χ2v) is 7.22. The lowest BCUT2D eigenvalue weighted by Gasteiger charge is -2.21. The van der Waals surface area contributed by atoms with Crippen LogP contribution in [0.15, 0.2) is 11.4 Å². The molecule has 0 aromatic carbocycles. The minimum Gasteiger partial charge on any atom is -0.444 e. The predicted octanol–water partition coefficient (Wildman–Crippen LogP) is 0.861. The first kappa shape index (κ1) is 16.3. The van der Waals surface area contributed by atoms with E-state index in [-0.39, 0.29) is 5.16 Å². The highest BCUT2D eigenvalue weighted by Crippen LogP contribution is 2.11. The van der Waals surface area contributed by atoms with Crippen molar-refractivity contribution in [3.05, 3.63) is 11.9 Å². The molecule has 0 bridgehead atoms. The van der Waals surface area contributed by atoms with E-state index in [2.05, 4.69) is 20.5 Å². The molecule has 8 nitrogen and oxygen atoms in total. The molecule has 0 fully saturated rings. The van der Waals surface area contributed by atoms with E-state index in [1.165, 1.54) is 6.20 Å². The summed E-state index contributed by atoms with van der Waals surface area (Å²) >= 11 is 0. The van der Waals surface area contributed by atoms with Crippen LogP contribution in [0.3, 0.4) is 0 Å². The Morgan fingerprint density at radius 2 is 1.95 bits per heavy atom. The Balaban J connectivity index is 2.74.